The van der Waals surface area contributed by atoms with Crippen LogP contribution in [0.4, 0.5) is 13.2 Å². The van der Waals surface area contributed by atoms with E-state index in [0.29, 0.717) is 12.1 Å². The van der Waals surface area contributed by atoms with Crippen LogP contribution in [0.1, 0.15) is 12.0 Å². The number of hydrogen-bond donors (Lipinski definition) is 1. The molecule has 150 valence electrons. The highest BCUT2D eigenvalue weighted by Gasteiger charge is 2.10. The summed E-state index contributed by atoms with van der Waals surface area (Å²) in [4.78, 5) is 12.8. The molecule has 0 saturated heterocycles. The van der Waals surface area contributed by atoms with Gasteiger partial charge in [0.25, 0.3) is 0 Å². The zero-order valence-electron chi connectivity index (χ0n) is 15.2. The second-order valence-electron chi connectivity index (χ2n) is 5.57. The second kappa shape index (κ2) is 11.3. The number of thioether (sulfide) groups is 1. The second-order valence-corrected chi connectivity index (χ2v) is 6.74. The van der Waals surface area contributed by atoms with E-state index in [0.717, 1.165) is 17.1 Å². The highest BCUT2D eigenvalue weighted by molar-refractivity contribution is 7.99. The number of carbonyl (C=O) groups excluding carboxylic acids is 1. The lowest BCUT2D eigenvalue weighted by molar-refractivity contribution is -0.116. The first-order valence-corrected chi connectivity index (χ1v) is 9.43. The fraction of sp³-hybridized carbons (Fsp3) is 0.250. The van der Waals surface area contributed by atoms with Crippen molar-refractivity contribution in [3.63, 3.8) is 0 Å². The number of hydrogen-bond acceptors (Lipinski definition) is 4. The van der Waals surface area contributed by atoms with E-state index in [9.17, 15) is 18.0 Å². The van der Waals surface area contributed by atoms with E-state index in [-0.39, 0.29) is 23.2 Å². The monoisotopic (exact) mass is 411 g/mol. The summed E-state index contributed by atoms with van der Waals surface area (Å²) in [6.07, 6.45) is 3.67. The molecule has 2 rings (SSSR count). The largest absolute Gasteiger partial charge is 0.493 e. The van der Waals surface area contributed by atoms with Gasteiger partial charge in [-0.3, -0.25) is 4.79 Å². The van der Waals surface area contributed by atoms with Gasteiger partial charge in [-0.1, -0.05) is 6.07 Å². The average molecular weight is 411 g/mol. The van der Waals surface area contributed by atoms with Gasteiger partial charge in [0.1, 0.15) is 5.82 Å². The number of halogens is 3. The minimum absolute atomic E-state index is 0.0715. The Labute approximate surface area is 165 Å². The Morgan fingerprint density at radius 3 is 2.61 bits per heavy atom. The molecule has 0 bridgehead atoms. The van der Waals surface area contributed by atoms with Crippen molar-refractivity contribution in [2.24, 2.45) is 0 Å². The third-order valence-corrected chi connectivity index (χ3v) is 4.63. The Morgan fingerprint density at radius 1 is 1.18 bits per heavy atom. The number of rotatable bonds is 10. The molecule has 0 unspecified atom stereocenters. The van der Waals surface area contributed by atoms with Gasteiger partial charge in [-0.25, -0.2) is 4.39 Å². The molecule has 0 fully saturated rings. The van der Waals surface area contributed by atoms with Gasteiger partial charge in [-0.2, -0.15) is 8.78 Å². The number of ether oxygens (including phenoxy) is 2. The fourth-order valence-electron chi connectivity index (χ4n) is 2.22. The average Bonchev–Trinajstić information content (AvgIpc) is 2.68. The number of carbonyl (C=O) groups is 1. The molecule has 0 heterocycles. The van der Waals surface area contributed by atoms with Crippen LogP contribution in [0.25, 0.3) is 6.08 Å². The van der Waals surface area contributed by atoms with Crippen LogP contribution in [0.15, 0.2) is 53.4 Å². The van der Waals surface area contributed by atoms with Crippen molar-refractivity contribution in [2.45, 2.75) is 17.9 Å². The molecule has 0 saturated carbocycles. The first-order chi connectivity index (χ1) is 13.5. The summed E-state index contributed by atoms with van der Waals surface area (Å²) < 4.78 is 46.8. The predicted molar refractivity (Wildman–Crippen MR) is 103 cm³/mol. The molecule has 0 radical (unpaired) electrons. The summed E-state index contributed by atoms with van der Waals surface area (Å²) in [5.41, 5.74) is 0.612. The van der Waals surface area contributed by atoms with Gasteiger partial charge >= 0.3 is 6.61 Å². The number of amides is 1. The topological polar surface area (TPSA) is 47.6 Å². The molecule has 28 heavy (non-hydrogen) atoms. The maximum absolute atomic E-state index is 12.8. The van der Waals surface area contributed by atoms with Crippen molar-refractivity contribution in [1.29, 1.82) is 0 Å². The zero-order valence-corrected chi connectivity index (χ0v) is 16.0. The summed E-state index contributed by atoms with van der Waals surface area (Å²) in [7, 11) is 1.35. The van der Waals surface area contributed by atoms with Crippen LogP contribution in [0.2, 0.25) is 0 Å². The number of benzene rings is 2. The van der Waals surface area contributed by atoms with Crippen molar-refractivity contribution in [1.82, 2.24) is 5.32 Å². The highest BCUT2D eigenvalue weighted by atomic mass is 32.2. The smallest absolute Gasteiger partial charge is 0.387 e. The van der Waals surface area contributed by atoms with Crippen LogP contribution in [-0.2, 0) is 4.79 Å². The maximum atomic E-state index is 12.8. The summed E-state index contributed by atoms with van der Waals surface area (Å²) in [6.45, 7) is -2.44. The van der Waals surface area contributed by atoms with E-state index in [4.69, 9.17) is 4.74 Å². The van der Waals surface area contributed by atoms with Crippen LogP contribution in [0.5, 0.6) is 11.5 Å². The van der Waals surface area contributed by atoms with Crippen molar-refractivity contribution in [3.8, 4) is 11.5 Å². The molecule has 0 aliphatic heterocycles. The van der Waals surface area contributed by atoms with Crippen LogP contribution in [0, 0.1) is 5.82 Å². The molecule has 0 aliphatic rings. The third-order valence-electron chi connectivity index (χ3n) is 3.53. The Morgan fingerprint density at radius 2 is 1.93 bits per heavy atom. The van der Waals surface area contributed by atoms with Crippen LogP contribution < -0.4 is 14.8 Å². The predicted octanol–water partition coefficient (Wildman–Crippen LogP) is 4.75. The van der Waals surface area contributed by atoms with E-state index >= 15 is 0 Å². The minimum atomic E-state index is -2.94. The van der Waals surface area contributed by atoms with Gasteiger partial charge < -0.3 is 14.8 Å². The van der Waals surface area contributed by atoms with Crippen molar-refractivity contribution >= 4 is 23.7 Å². The van der Waals surface area contributed by atoms with Gasteiger partial charge in [0.15, 0.2) is 11.5 Å². The quantitative estimate of drug-likeness (QED) is 0.348. The fourth-order valence-corrected chi connectivity index (χ4v) is 3.07. The molecule has 4 nitrogen and oxygen atoms in total. The molecule has 2 aromatic rings. The lowest BCUT2D eigenvalue weighted by Gasteiger charge is -2.10. The lowest BCUT2D eigenvalue weighted by atomic mass is 10.2. The van der Waals surface area contributed by atoms with Crippen molar-refractivity contribution < 1.29 is 27.4 Å². The summed E-state index contributed by atoms with van der Waals surface area (Å²) >= 11 is 1.59. The normalized spacial score (nSPS) is 11.0. The van der Waals surface area contributed by atoms with E-state index in [1.54, 1.807) is 36.0 Å². The van der Waals surface area contributed by atoms with Crippen LogP contribution in [-0.4, -0.2) is 31.9 Å². The minimum Gasteiger partial charge on any atom is -0.493 e. The molecule has 1 N–H and O–H groups in total. The Balaban J connectivity index is 1.74. The van der Waals surface area contributed by atoms with E-state index in [1.807, 2.05) is 0 Å². The Bertz CT molecular complexity index is 798. The summed E-state index contributed by atoms with van der Waals surface area (Å²) in [5.74, 6) is 0.340. The van der Waals surface area contributed by atoms with Crippen molar-refractivity contribution in [2.75, 3.05) is 19.4 Å². The highest BCUT2D eigenvalue weighted by Crippen LogP contribution is 2.29. The Hall–Kier alpha value is -2.61. The Kier molecular flexibility index (Phi) is 8.74. The summed E-state index contributed by atoms with van der Waals surface area (Å²) in [5, 5.41) is 2.76. The standard InChI is InChI=1S/C20H20F3NO3S/c1-26-18-13-14(3-9-17(18)27-20(22)23)4-10-19(25)24-11-2-12-28-16-7-5-15(21)6-8-16/h3-10,13,20H,2,11-12H2,1H3,(H,24,25)/b10-4+. The van der Waals surface area contributed by atoms with Crippen LogP contribution >= 0.6 is 11.8 Å². The maximum Gasteiger partial charge on any atom is 0.387 e. The molecule has 1 amide bonds. The molecule has 0 aliphatic carbocycles. The molecule has 8 heteroatoms. The summed E-state index contributed by atoms with van der Waals surface area (Å²) in [6, 6.07) is 10.7. The molecular weight excluding hydrogens is 391 g/mol. The first-order valence-electron chi connectivity index (χ1n) is 8.45. The number of alkyl halides is 2. The van der Waals surface area contributed by atoms with Gasteiger partial charge in [0.05, 0.1) is 7.11 Å². The zero-order chi connectivity index (χ0) is 20.4. The van der Waals surface area contributed by atoms with E-state index in [2.05, 4.69) is 10.1 Å². The molecule has 0 spiro atoms. The van der Waals surface area contributed by atoms with E-state index in [1.165, 1.54) is 37.5 Å². The van der Waals surface area contributed by atoms with Gasteiger partial charge in [0, 0.05) is 17.5 Å². The van der Waals surface area contributed by atoms with E-state index < -0.39 is 6.61 Å². The van der Waals surface area contributed by atoms with Gasteiger partial charge in [-0.05, 0) is 60.2 Å². The lowest BCUT2D eigenvalue weighted by Crippen LogP contribution is -2.22. The molecular formula is C20H20F3NO3S. The SMILES string of the molecule is COc1cc(/C=C/C(=O)NCCCSc2ccc(F)cc2)ccc1OC(F)F. The van der Waals surface area contributed by atoms with Crippen molar-refractivity contribution in [3.05, 3.63) is 59.9 Å². The van der Waals surface area contributed by atoms with Gasteiger partial charge in [0.2, 0.25) is 5.91 Å². The first kappa shape index (κ1) is 21.7. The third kappa shape index (κ3) is 7.56. The number of methoxy groups -OCH3 is 1. The molecule has 0 aromatic heterocycles. The molecule has 0 atom stereocenters. The van der Waals surface area contributed by atoms with Crippen LogP contribution in [0.3, 0.4) is 0 Å². The number of nitrogens with one attached hydrogen (secondary N) is 1. The molecule has 2 aromatic carbocycles. The van der Waals surface area contributed by atoms with Gasteiger partial charge in [-0.15, -0.1) is 11.8 Å².